The van der Waals surface area contributed by atoms with Gasteiger partial charge in [0.05, 0.1) is 10.6 Å². The van der Waals surface area contributed by atoms with Crippen LogP contribution in [0.3, 0.4) is 0 Å². The molecule has 0 aliphatic rings. The zero-order valence-electron chi connectivity index (χ0n) is 10.8. The zero-order valence-corrected chi connectivity index (χ0v) is 11.6. The number of hydrogen-bond donors (Lipinski definition) is 2. The van der Waals surface area contributed by atoms with Crippen molar-refractivity contribution in [3.63, 3.8) is 0 Å². The Bertz CT molecular complexity index is 731. The number of nitrogens with two attached hydrogens (primary N) is 1. The maximum atomic E-state index is 9.25. The lowest BCUT2D eigenvalue weighted by Gasteiger charge is -1.96. The van der Waals surface area contributed by atoms with Gasteiger partial charge >= 0.3 is 0 Å². The first-order valence-corrected chi connectivity index (χ1v) is 6.90. The highest BCUT2D eigenvalue weighted by atomic mass is 32.1. The van der Waals surface area contributed by atoms with E-state index in [1.807, 2.05) is 25.1 Å². The predicted molar refractivity (Wildman–Crippen MR) is 77.7 cm³/mol. The molecule has 0 atom stereocenters. The lowest BCUT2D eigenvalue weighted by atomic mass is 10.1. The second kappa shape index (κ2) is 4.97. The third kappa shape index (κ3) is 2.50. The number of phenols is 1. The smallest absolute Gasteiger partial charge is 0.260 e. The summed E-state index contributed by atoms with van der Waals surface area (Å²) in [5, 5.41) is 13.9. The van der Waals surface area contributed by atoms with Gasteiger partial charge in [-0.25, -0.2) is 0 Å². The fraction of sp³-hybridized carbons (Fsp3) is 0.143. The molecule has 3 N–H and O–H groups in total. The minimum atomic E-state index is 0.240. The fourth-order valence-electron chi connectivity index (χ4n) is 1.93. The lowest BCUT2D eigenvalue weighted by Crippen LogP contribution is -1.90. The van der Waals surface area contributed by atoms with Crippen molar-refractivity contribution in [3.8, 4) is 17.2 Å². The molecule has 2 heterocycles. The number of nitrogens with zero attached hydrogens (tertiary/aromatic N) is 2. The molecule has 0 aliphatic carbocycles. The third-order valence-electron chi connectivity index (χ3n) is 2.88. The summed E-state index contributed by atoms with van der Waals surface area (Å²) in [4.78, 5) is 5.47. The van der Waals surface area contributed by atoms with Crippen LogP contribution < -0.4 is 5.73 Å². The Morgan fingerprint density at radius 3 is 2.70 bits per heavy atom. The van der Waals surface area contributed by atoms with Gasteiger partial charge in [-0.15, -0.1) is 11.3 Å². The molecular weight excluding hydrogens is 274 g/mol. The second-order valence-corrected chi connectivity index (χ2v) is 5.78. The molecule has 0 unspecified atom stereocenters. The van der Waals surface area contributed by atoms with Crippen molar-refractivity contribution in [1.82, 2.24) is 10.1 Å². The van der Waals surface area contributed by atoms with Crippen molar-refractivity contribution in [3.05, 3.63) is 46.6 Å². The Labute approximate surface area is 119 Å². The van der Waals surface area contributed by atoms with Crippen LogP contribution in [-0.2, 0) is 6.42 Å². The zero-order chi connectivity index (χ0) is 14.1. The number of aryl methyl sites for hydroxylation is 1. The minimum absolute atomic E-state index is 0.240. The van der Waals surface area contributed by atoms with Crippen LogP contribution in [0.5, 0.6) is 5.75 Å². The quantitative estimate of drug-likeness (QED) is 0.773. The van der Waals surface area contributed by atoms with Crippen molar-refractivity contribution in [2.45, 2.75) is 13.3 Å². The monoisotopic (exact) mass is 287 g/mol. The average molecular weight is 287 g/mol. The average Bonchev–Trinajstić information content (AvgIpc) is 2.99. The molecule has 0 saturated heterocycles. The Balaban J connectivity index is 1.83. The Morgan fingerprint density at radius 2 is 2.05 bits per heavy atom. The van der Waals surface area contributed by atoms with Gasteiger partial charge in [-0.2, -0.15) is 4.98 Å². The summed E-state index contributed by atoms with van der Waals surface area (Å²) in [7, 11) is 0. The standard InChI is InChI=1S/C14H13N3O2S/c1-8-6-11(13(15)20-8)14-16-12(17-19-14)7-9-2-4-10(18)5-3-9/h2-6,18H,7,15H2,1H3. The summed E-state index contributed by atoms with van der Waals surface area (Å²) < 4.78 is 5.26. The Hall–Kier alpha value is -2.34. The van der Waals surface area contributed by atoms with Crippen molar-refractivity contribution in [2.24, 2.45) is 0 Å². The molecule has 0 spiro atoms. The maximum Gasteiger partial charge on any atom is 0.260 e. The van der Waals surface area contributed by atoms with Gasteiger partial charge < -0.3 is 15.4 Å². The van der Waals surface area contributed by atoms with Gasteiger partial charge in [-0.3, -0.25) is 0 Å². The van der Waals surface area contributed by atoms with Crippen LogP contribution in [0, 0.1) is 6.92 Å². The molecule has 0 aliphatic heterocycles. The molecule has 20 heavy (non-hydrogen) atoms. The molecule has 2 aromatic heterocycles. The number of hydrogen-bond acceptors (Lipinski definition) is 6. The molecule has 0 amide bonds. The number of aromatic nitrogens is 2. The Kier molecular flexibility index (Phi) is 3.15. The van der Waals surface area contributed by atoms with Crippen molar-refractivity contribution >= 4 is 16.3 Å². The molecule has 5 nitrogen and oxygen atoms in total. The highest BCUT2D eigenvalue weighted by Crippen LogP contribution is 2.32. The van der Waals surface area contributed by atoms with Gasteiger partial charge in [-0.05, 0) is 30.7 Å². The number of benzene rings is 1. The minimum Gasteiger partial charge on any atom is -0.508 e. The molecule has 0 saturated carbocycles. The summed E-state index contributed by atoms with van der Waals surface area (Å²) in [6, 6.07) is 8.87. The molecule has 0 radical (unpaired) electrons. The third-order valence-corrected chi connectivity index (χ3v) is 3.76. The molecular formula is C14H13N3O2S. The van der Waals surface area contributed by atoms with E-state index >= 15 is 0 Å². The maximum absolute atomic E-state index is 9.25. The van der Waals surface area contributed by atoms with Crippen LogP contribution in [0.1, 0.15) is 16.3 Å². The van der Waals surface area contributed by atoms with Gasteiger partial charge in [-0.1, -0.05) is 17.3 Å². The molecule has 0 fully saturated rings. The van der Waals surface area contributed by atoms with Gasteiger partial charge in [0.2, 0.25) is 0 Å². The molecule has 102 valence electrons. The van der Waals surface area contributed by atoms with Crippen LogP contribution >= 0.6 is 11.3 Å². The number of thiophene rings is 1. The summed E-state index contributed by atoms with van der Waals surface area (Å²) >= 11 is 1.50. The van der Waals surface area contributed by atoms with Crippen LogP contribution in [0.15, 0.2) is 34.9 Å². The van der Waals surface area contributed by atoms with Gasteiger partial charge in [0, 0.05) is 11.3 Å². The van der Waals surface area contributed by atoms with E-state index in [0.717, 1.165) is 16.0 Å². The van der Waals surface area contributed by atoms with Gasteiger partial charge in [0.1, 0.15) is 5.75 Å². The predicted octanol–water partition coefficient (Wildman–Crippen LogP) is 2.99. The molecule has 6 heteroatoms. The number of phenolic OH excluding ortho intramolecular Hbond substituents is 1. The van der Waals surface area contributed by atoms with E-state index in [-0.39, 0.29) is 5.75 Å². The van der Waals surface area contributed by atoms with Crippen molar-refractivity contribution in [2.75, 3.05) is 5.73 Å². The van der Waals surface area contributed by atoms with E-state index in [1.54, 1.807) is 12.1 Å². The summed E-state index contributed by atoms with van der Waals surface area (Å²) in [6.07, 6.45) is 0.548. The van der Waals surface area contributed by atoms with E-state index < -0.39 is 0 Å². The molecule has 1 aromatic carbocycles. The topological polar surface area (TPSA) is 85.2 Å². The highest BCUT2D eigenvalue weighted by Gasteiger charge is 2.14. The first kappa shape index (κ1) is 12.7. The van der Waals surface area contributed by atoms with Crippen molar-refractivity contribution in [1.29, 1.82) is 0 Å². The lowest BCUT2D eigenvalue weighted by molar-refractivity contribution is 0.424. The highest BCUT2D eigenvalue weighted by molar-refractivity contribution is 7.16. The largest absolute Gasteiger partial charge is 0.508 e. The normalized spacial score (nSPS) is 10.8. The SMILES string of the molecule is Cc1cc(-c2nc(Cc3ccc(O)cc3)no2)c(N)s1. The van der Waals surface area contributed by atoms with Crippen LogP contribution in [0.2, 0.25) is 0 Å². The summed E-state index contributed by atoms with van der Waals surface area (Å²) in [5.74, 6) is 1.28. The number of anilines is 1. The van der Waals surface area contributed by atoms with Crippen LogP contribution in [0.25, 0.3) is 11.5 Å². The Morgan fingerprint density at radius 1 is 1.30 bits per heavy atom. The van der Waals surface area contributed by atoms with E-state index in [2.05, 4.69) is 10.1 Å². The first-order valence-electron chi connectivity index (χ1n) is 6.08. The number of nitrogen functional groups attached to an aromatic ring is 1. The fourth-order valence-corrected chi connectivity index (χ4v) is 2.71. The number of rotatable bonds is 3. The first-order chi connectivity index (χ1) is 9.61. The molecule has 3 rings (SSSR count). The number of aromatic hydroxyl groups is 1. The van der Waals surface area contributed by atoms with Crippen LogP contribution in [0.4, 0.5) is 5.00 Å². The van der Waals surface area contributed by atoms with Crippen LogP contribution in [-0.4, -0.2) is 15.2 Å². The second-order valence-electron chi connectivity index (χ2n) is 4.49. The van der Waals surface area contributed by atoms with Gasteiger partial charge in [0.15, 0.2) is 5.82 Å². The molecule has 0 bridgehead atoms. The van der Waals surface area contributed by atoms with E-state index in [1.165, 1.54) is 11.3 Å². The van der Waals surface area contributed by atoms with Gasteiger partial charge in [0.25, 0.3) is 5.89 Å². The summed E-state index contributed by atoms with van der Waals surface area (Å²) in [6.45, 7) is 1.98. The van der Waals surface area contributed by atoms with E-state index in [4.69, 9.17) is 10.3 Å². The van der Waals surface area contributed by atoms with E-state index in [9.17, 15) is 5.11 Å². The van der Waals surface area contributed by atoms with Crippen molar-refractivity contribution < 1.29 is 9.63 Å². The molecule has 3 aromatic rings. The van der Waals surface area contributed by atoms with E-state index in [0.29, 0.717) is 23.1 Å². The summed E-state index contributed by atoms with van der Waals surface area (Å²) in [5.41, 5.74) is 7.71.